The molecule has 0 saturated carbocycles. The molecule has 0 fully saturated rings. The Morgan fingerprint density at radius 3 is 2.57 bits per heavy atom. The van der Waals surface area contributed by atoms with Crippen LogP contribution in [-0.4, -0.2) is 29.0 Å². The maximum atomic E-state index is 11.5. The van der Waals surface area contributed by atoms with E-state index in [0.717, 1.165) is 22.6 Å². The number of carbonyl (C=O) groups is 1. The lowest BCUT2D eigenvalue weighted by Gasteiger charge is -2.10. The number of thiocarbonyl (C=S) groups is 1. The predicted octanol–water partition coefficient (Wildman–Crippen LogP) is 2.05. The molecule has 2 rings (SSSR count). The van der Waals surface area contributed by atoms with Gasteiger partial charge in [-0.25, -0.2) is 4.79 Å². The van der Waals surface area contributed by atoms with E-state index in [9.17, 15) is 4.79 Å². The summed E-state index contributed by atoms with van der Waals surface area (Å²) < 4.78 is 6.78. The van der Waals surface area contributed by atoms with Crippen molar-refractivity contribution in [2.24, 2.45) is 10.8 Å². The van der Waals surface area contributed by atoms with Gasteiger partial charge >= 0.3 is 5.97 Å². The van der Waals surface area contributed by atoms with Crippen molar-refractivity contribution in [2.45, 2.75) is 13.8 Å². The first-order valence-corrected chi connectivity index (χ1v) is 7.31. The van der Waals surface area contributed by atoms with Gasteiger partial charge in [-0.15, -0.1) is 0 Å². The number of aromatic nitrogens is 1. The van der Waals surface area contributed by atoms with E-state index in [1.807, 2.05) is 32.0 Å². The van der Waals surface area contributed by atoms with Gasteiger partial charge in [0, 0.05) is 22.6 Å². The molecule has 120 valence electrons. The van der Waals surface area contributed by atoms with Gasteiger partial charge < -0.3 is 15.0 Å². The maximum Gasteiger partial charge on any atom is 0.337 e. The summed E-state index contributed by atoms with van der Waals surface area (Å²) in [6.45, 7) is 3.99. The molecule has 1 aromatic heterocycles. The van der Waals surface area contributed by atoms with Crippen molar-refractivity contribution < 1.29 is 9.53 Å². The van der Waals surface area contributed by atoms with E-state index in [1.165, 1.54) is 7.11 Å². The van der Waals surface area contributed by atoms with Crippen LogP contribution in [0.4, 0.5) is 0 Å². The minimum absolute atomic E-state index is 0.119. The molecule has 0 amide bonds. The first kappa shape index (κ1) is 16.7. The number of esters is 1. The van der Waals surface area contributed by atoms with Crippen LogP contribution in [0.2, 0.25) is 0 Å². The number of hydrazone groups is 1. The van der Waals surface area contributed by atoms with Gasteiger partial charge in [-0.1, -0.05) is 0 Å². The summed E-state index contributed by atoms with van der Waals surface area (Å²) in [6.07, 6.45) is 1.67. The number of methoxy groups -OCH3 is 1. The molecule has 6 nitrogen and oxygen atoms in total. The molecule has 0 atom stereocenters. The van der Waals surface area contributed by atoms with Gasteiger partial charge in [0.2, 0.25) is 0 Å². The zero-order valence-electron chi connectivity index (χ0n) is 13.2. The minimum Gasteiger partial charge on any atom is -0.465 e. The molecule has 0 aliphatic carbocycles. The fraction of sp³-hybridized carbons (Fsp3) is 0.188. The van der Waals surface area contributed by atoms with E-state index >= 15 is 0 Å². The minimum atomic E-state index is -0.353. The molecule has 7 heteroatoms. The van der Waals surface area contributed by atoms with E-state index in [1.54, 1.807) is 18.3 Å². The number of nitrogens with zero attached hydrogens (tertiary/aromatic N) is 2. The lowest BCUT2D eigenvalue weighted by Crippen LogP contribution is -2.24. The lowest BCUT2D eigenvalue weighted by molar-refractivity contribution is 0.0601. The first-order valence-electron chi connectivity index (χ1n) is 6.90. The van der Waals surface area contributed by atoms with Crippen LogP contribution in [-0.2, 0) is 4.74 Å². The number of ether oxygens (including phenoxy) is 1. The molecule has 0 aliphatic rings. The number of nitrogens with two attached hydrogens (primary N) is 1. The average molecular weight is 330 g/mol. The van der Waals surface area contributed by atoms with E-state index in [2.05, 4.69) is 15.1 Å². The molecule has 0 radical (unpaired) electrons. The second-order valence-corrected chi connectivity index (χ2v) is 5.37. The number of rotatable bonds is 4. The van der Waals surface area contributed by atoms with Crippen LogP contribution in [0.5, 0.6) is 0 Å². The van der Waals surface area contributed by atoms with Crippen LogP contribution >= 0.6 is 12.2 Å². The quantitative estimate of drug-likeness (QED) is 0.388. The Labute approximate surface area is 139 Å². The Kier molecular flexibility index (Phi) is 5.13. The van der Waals surface area contributed by atoms with Gasteiger partial charge in [0.05, 0.1) is 18.9 Å². The standard InChI is InChI=1S/C16H18N4O2S/c1-10-8-13(9-18-19-16(17)23)11(2)20(10)14-6-4-12(5-7-14)15(21)22-3/h4-9H,1-3H3,(H3,17,19,23)/b18-9-. The summed E-state index contributed by atoms with van der Waals surface area (Å²) in [5.74, 6) is -0.353. The van der Waals surface area contributed by atoms with Crippen molar-refractivity contribution in [3.8, 4) is 5.69 Å². The highest BCUT2D eigenvalue weighted by molar-refractivity contribution is 7.80. The van der Waals surface area contributed by atoms with E-state index in [-0.39, 0.29) is 11.1 Å². The third-order valence-corrected chi connectivity index (χ3v) is 3.49. The third-order valence-electron chi connectivity index (χ3n) is 3.40. The van der Waals surface area contributed by atoms with E-state index in [4.69, 9.17) is 22.7 Å². The van der Waals surface area contributed by atoms with Gasteiger partial charge in [0.25, 0.3) is 0 Å². The van der Waals surface area contributed by atoms with Crippen molar-refractivity contribution >= 4 is 29.5 Å². The van der Waals surface area contributed by atoms with Crippen LogP contribution in [0.25, 0.3) is 5.69 Å². The number of aryl methyl sites for hydroxylation is 1. The Morgan fingerprint density at radius 2 is 2.00 bits per heavy atom. The van der Waals surface area contributed by atoms with Crippen LogP contribution < -0.4 is 11.2 Å². The molecular weight excluding hydrogens is 312 g/mol. The fourth-order valence-corrected chi connectivity index (χ4v) is 2.40. The van der Waals surface area contributed by atoms with Crippen LogP contribution in [0.15, 0.2) is 35.4 Å². The van der Waals surface area contributed by atoms with Crippen molar-refractivity contribution in [2.75, 3.05) is 7.11 Å². The summed E-state index contributed by atoms with van der Waals surface area (Å²) in [5.41, 5.74) is 12.3. The Morgan fingerprint density at radius 1 is 1.35 bits per heavy atom. The third kappa shape index (κ3) is 3.75. The van der Waals surface area contributed by atoms with Crippen LogP contribution in [0.1, 0.15) is 27.3 Å². The summed E-state index contributed by atoms with van der Waals surface area (Å²) in [6, 6.07) is 9.24. The van der Waals surface area contributed by atoms with Crippen molar-refractivity contribution in [1.29, 1.82) is 0 Å². The Balaban J connectivity index is 2.33. The van der Waals surface area contributed by atoms with Gasteiger partial charge in [0.15, 0.2) is 5.11 Å². The maximum absolute atomic E-state index is 11.5. The highest BCUT2D eigenvalue weighted by Crippen LogP contribution is 2.20. The Hall–Kier alpha value is -2.67. The SMILES string of the molecule is COC(=O)c1ccc(-n2c(C)cc(/C=N\NC(N)=S)c2C)cc1. The highest BCUT2D eigenvalue weighted by atomic mass is 32.1. The second-order valence-electron chi connectivity index (χ2n) is 4.93. The fourth-order valence-electron chi connectivity index (χ4n) is 2.35. The predicted molar refractivity (Wildman–Crippen MR) is 94.1 cm³/mol. The number of benzene rings is 1. The number of hydrogen-bond donors (Lipinski definition) is 2. The van der Waals surface area contributed by atoms with E-state index in [0.29, 0.717) is 5.56 Å². The molecule has 2 aromatic rings. The summed E-state index contributed by atoms with van der Waals surface area (Å²) in [4.78, 5) is 11.5. The molecule has 0 saturated heterocycles. The smallest absolute Gasteiger partial charge is 0.337 e. The monoisotopic (exact) mass is 330 g/mol. The number of hydrogen-bond acceptors (Lipinski definition) is 4. The summed E-state index contributed by atoms with van der Waals surface area (Å²) in [5, 5.41) is 4.10. The second kappa shape index (κ2) is 7.06. The molecule has 1 aromatic carbocycles. The lowest BCUT2D eigenvalue weighted by atomic mass is 10.2. The zero-order chi connectivity index (χ0) is 17.0. The summed E-state index contributed by atoms with van der Waals surface area (Å²) >= 11 is 4.70. The normalized spacial score (nSPS) is 10.7. The zero-order valence-corrected chi connectivity index (χ0v) is 14.0. The van der Waals surface area contributed by atoms with Crippen LogP contribution in [0.3, 0.4) is 0 Å². The number of carbonyl (C=O) groups excluding carboxylic acids is 1. The topological polar surface area (TPSA) is 81.6 Å². The molecule has 0 aliphatic heterocycles. The molecule has 0 bridgehead atoms. The van der Waals surface area contributed by atoms with Crippen molar-refractivity contribution in [3.05, 3.63) is 52.8 Å². The molecule has 0 unspecified atom stereocenters. The first-order chi connectivity index (χ1) is 10.9. The van der Waals surface area contributed by atoms with E-state index < -0.39 is 0 Å². The van der Waals surface area contributed by atoms with Gasteiger partial charge in [-0.05, 0) is 56.4 Å². The molecule has 23 heavy (non-hydrogen) atoms. The highest BCUT2D eigenvalue weighted by Gasteiger charge is 2.11. The number of nitrogens with one attached hydrogen (secondary N) is 1. The van der Waals surface area contributed by atoms with Gasteiger partial charge in [0.1, 0.15) is 0 Å². The largest absolute Gasteiger partial charge is 0.465 e. The summed E-state index contributed by atoms with van der Waals surface area (Å²) in [7, 11) is 1.36. The van der Waals surface area contributed by atoms with Crippen molar-refractivity contribution in [3.63, 3.8) is 0 Å². The molecule has 1 heterocycles. The van der Waals surface area contributed by atoms with Crippen LogP contribution in [0, 0.1) is 13.8 Å². The Bertz CT molecular complexity index is 763. The average Bonchev–Trinajstić information content (AvgIpc) is 2.80. The molecule has 0 spiro atoms. The van der Waals surface area contributed by atoms with Gasteiger partial charge in [-0.3, -0.25) is 5.43 Å². The van der Waals surface area contributed by atoms with Crippen molar-refractivity contribution in [1.82, 2.24) is 9.99 Å². The van der Waals surface area contributed by atoms with Gasteiger partial charge in [-0.2, -0.15) is 5.10 Å². The molecular formula is C16H18N4O2S. The molecule has 3 N–H and O–H groups in total.